The summed E-state index contributed by atoms with van der Waals surface area (Å²) in [6, 6.07) is 0. The smallest absolute Gasteiger partial charge is 0.0814 e. The van der Waals surface area contributed by atoms with Crippen LogP contribution in [-0.4, -0.2) is 26.9 Å². The molecule has 0 aliphatic carbocycles. The van der Waals surface area contributed by atoms with Crippen LogP contribution >= 0.6 is 0 Å². The number of hydrogen-bond acceptors (Lipinski definition) is 3. The van der Waals surface area contributed by atoms with Crippen LogP contribution in [0, 0.1) is 0 Å². The summed E-state index contributed by atoms with van der Waals surface area (Å²) in [4.78, 5) is 0. The number of hydrogen-bond donors (Lipinski definition) is 2. The van der Waals surface area contributed by atoms with Crippen molar-refractivity contribution in [3.8, 4) is 0 Å². The van der Waals surface area contributed by atoms with Crippen LogP contribution in [0.1, 0.15) is 13.3 Å². The second-order valence-electron chi connectivity index (χ2n) is 1.32. The third-order valence-corrected chi connectivity index (χ3v) is 0.500. The minimum absolute atomic E-state index is 1.14. The van der Waals surface area contributed by atoms with Crippen LogP contribution in [0.15, 0.2) is 0 Å². The maximum atomic E-state index is 8.56. The molecular formula is C4H12NO3S-. The van der Waals surface area contributed by atoms with Gasteiger partial charge in [-0.05, 0) is 20.0 Å². The van der Waals surface area contributed by atoms with Gasteiger partial charge in [-0.25, -0.2) is 4.21 Å². The molecule has 1 unspecified atom stereocenters. The molecule has 0 bridgehead atoms. The summed E-state index contributed by atoms with van der Waals surface area (Å²) in [6.45, 7) is 3.29. The monoisotopic (exact) mass is 154 g/mol. The Bertz CT molecular complexity index is 62.8. The zero-order valence-electron chi connectivity index (χ0n) is 5.59. The van der Waals surface area contributed by atoms with E-state index in [2.05, 4.69) is 12.2 Å². The lowest BCUT2D eigenvalue weighted by molar-refractivity contribution is 0.436. The van der Waals surface area contributed by atoms with Gasteiger partial charge in [0.25, 0.3) is 0 Å². The highest BCUT2D eigenvalue weighted by Gasteiger charge is 1.64. The minimum Gasteiger partial charge on any atom is -0.750 e. The van der Waals surface area contributed by atoms with E-state index in [1.807, 2.05) is 7.05 Å². The Morgan fingerprint density at radius 2 is 2.11 bits per heavy atom. The third-order valence-electron chi connectivity index (χ3n) is 0.500. The summed E-state index contributed by atoms with van der Waals surface area (Å²) in [6.07, 6.45) is 1.23. The van der Waals surface area contributed by atoms with E-state index in [0.717, 1.165) is 6.54 Å². The molecule has 0 aromatic heterocycles. The van der Waals surface area contributed by atoms with Gasteiger partial charge in [-0.1, -0.05) is 6.92 Å². The van der Waals surface area contributed by atoms with Crippen molar-refractivity contribution in [2.75, 3.05) is 13.6 Å². The molecular weight excluding hydrogens is 142 g/mol. The number of nitrogens with one attached hydrogen (secondary N) is 1. The summed E-state index contributed by atoms with van der Waals surface area (Å²) < 4.78 is 24.1. The Morgan fingerprint density at radius 1 is 1.78 bits per heavy atom. The summed E-state index contributed by atoms with van der Waals surface area (Å²) in [5.74, 6) is 0. The van der Waals surface area contributed by atoms with Gasteiger partial charge in [-0.2, -0.15) is 0 Å². The molecule has 0 aliphatic heterocycles. The molecule has 0 aromatic rings. The van der Waals surface area contributed by atoms with Gasteiger partial charge < -0.3 is 14.4 Å². The number of rotatable bonds is 2. The van der Waals surface area contributed by atoms with Crippen molar-refractivity contribution in [3.05, 3.63) is 0 Å². The van der Waals surface area contributed by atoms with Gasteiger partial charge in [0.05, 0.1) is 11.4 Å². The first-order valence-corrected chi connectivity index (χ1v) is 3.61. The average molecular weight is 154 g/mol. The largest absolute Gasteiger partial charge is 0.750 e. The molecule has 9 heavy (non-hydrogen) atoms. The molecule has 0 heterocycles. The van der Waals surface area contributed by atoms with E-state index < -0.39 is 11.4 Å². The molecule has 0 aromatic carbocycles. The molecule has 0 aliphatic rings. The topological polar surface area (TPSA) is 72.4 Å². The SMILES string of the molecule is CCCNC.O=S([O-])O. The molecule has 0 saturated heterocycles. The summed E-state index contributed by atoms with van der Waals surface area (Å²) in [5, 5.41) is 3.02. The van der Waals surface area contributed by atoms with E-state index in [1.54, 1.807) is 0 Å². The molecule has 5 heteroatoms. The van der Waals surface area contributed by atoms with E-state index in [9.17, 15) is 0 Å². The first kappa shape index (κ1) is 11.8. The molecule has 1 atom stereocenters. The van der Waals surface area contributed by atoms with Gasteiger partial charge in [-0.3, -0.25) is 0 Å². The van der Waals surface area contributed by atoms with Gasteiger partial charge in [-0.15, -0.1) is 0 Å². The summed E-state index contributed by atoms with van der Waals surface area (Å²) in [5.41, 5.74) is 0. The van der Waals surface area contributed by atoms with E-state index in [4.69, 9.17) is 13.3 Å². The van der Waals surface area contributed by atoms with Crippen LogP contribution in [0.5, 0.6) is 0 Å². The Morgan fingerprint density at radius 3 is 2.11 bits per heavy atom. The van der Waals surface area contributed by atoms with Gasteiger partial charge in [0.2, 0.25) is 0 Å². The Hall–Kier alpha value is 0.0300. The Kier molecular flexibility index (Phi) is 14.3. The third kappa shape index (κ3) is 70.9. The molecule has 0 saturated carbocycles. The van der Waals surface area contributed by atoms with Crippen LogP contribution in [0.4, 0.5) is 0 Å². The molecule has 0 fully saturated rings. The molecule has 0 rings (SSSR count). The van der Waals surface area contributed by atoms with Crippen LogP contribution in [0.25, 0.3) is 0 Å². The van der Waals surface area contributed by atoms with Crippen molar-refractivity contribution < 1.29 is 13.3 Å². The van der Waals surface area contributed by atoms with Crippen LogP contribution in [-0.2, 0) is 11.4 Å². The van der Waals surface area contributed by atoms with Crippen LogP contribution < -0.4 is 5.32 Å². The lowest BCUT2D eigenvalue weighted by atomic mass is 10.5. The van der Waals surface area contributed by atoms with Gasteiger partial charge >= 0.3 is 0 Å². The first-order valence-electron chi connectivity index (χ1n) is 2.58. The average Bonchev–Trinajstić information content (AvgIpc) is 1.66. The molecule has 58 valence electrons. The van der Waals surface area contributed by atoms with Crippen molar-refractivity contribution in [3.63, 3.8) is 0 Å². The predicted molar refractivity (Wildman–Crippen MR) is 35.8 cm³/mol. The van der Waals surface area contributed by atoms with Crippen molar-refractivity contribution in [1.29, 1.82) is 0 Å². The molecule has 2 N–H and O–H groups in total. The normalized spacial score (nSPS) is 11.6. The van der Waals surface area contributed by atoms with Crippen molar-refractivity contribution >= 4 is 11.4 Å². The zero-order valence-corrected chi connectivity index (χ0v) is 6.40. The zero-order chi connectivity index (χ0) is 7.70. The van der Waals surface area contributed by atoms with Crippen LogP contribution in [0.2, 0.25) is 0 Å². The molecule has 0 radical (unpaired) electrons. The van der Waals surface area contributed by atoms with Gasteiger partial charge in [0, 0.05) is 0 Å². The fourth-order valence-electron chi connectivity index (χ4n) is 0.250. The van der Waals surface area contributed by atoms with E-state index >= 15 is 0 Å². The van der Waals surface area contributed by atoms with E-state index in [0.29, 0.717) is 0 Å². The second-order valence-corrected chi connectivity index (χ2v) is 1.75. The minimum atomic E-state index is -2.86. The highest BCUT2D eigenvalue weighted by atomic mass is 32.2. The lowest BCUT2D eigenvalue weighted by Gasteiger charge is -1.84. The highest BCUT2D eigenvalue weighted by molar-refractivity contribution is 7.73. The fraction of sp³-hybridized carbons (Fsp3) is 1.00. The summed E-state index contributed by atoms with van der Waals surface area (Å²) in [7, 11) is 1.96. The van der Waals surface area contributed by atoms with Crippen molar-refractivity contribution in [2.45, 2.75) is 13.3 Å². The predicted octanol–water partition coefficient (Wildman–Crippen LogP) is -0.0457. The van der Waals surface area contributed by atoms with E-state index in [-0.39, 0.29) is 0 Å². The van der Waals surface area contributed by atoms with E-state index in [1.165, 1.54) is 6.42 Å². The second kappa shape index (κ2) is 10.9. The van der Waals surface area contributed by atoms with Crippen molar-refractivity contribution in [1.82, 2.24) is 5.32 Å². The van der Waals surface area contributed by atoms with Crippen LogP contribution in [0.3, 0.4) is 0 Å². The molecule has 0 spiro atoms. The van der Waals surface area contributed by atoms with Gasteiger partial charge in [0.1, 0.15) is 0 Å². The van der Waals surface area contributed by atoms with Crippen molar-refractivity contribution in [2.24, 2.45) is 0 Å². The Labute approximate surface area is 57.8 Å². The highest BCUT2D eigenvalue weighted by Crippen LogP contribution is 1.62. The summed E-state index contributed by atoms with van der Waals surface area (Å²) >= 11 is -2.86. The molecule has 0 amide bonds. The first-order chi connectivity index (χ1) is 4.15. The quantitative estimate of drug-likeness (QED) is 0.547. The van der Waals surface area contributed by atoms with Gasteiger partial charge in [0.15, 0.2) is 0 Å². The Balaban J connectivity index is 0. The fourth-order valence-corrected chi connectivity index (χ4v) is 0.250. The molecule has 4 nitrogen and oxygen atoms in total. The maximum Gasteiger partial charge on any atom is 0.0814 e. The lowest BCUT2D eigenvalue weighted by Crippen LogP contribution is -2.04. The maximum absolute atomic E-state index is 8.56. The standard InChI is InChI=1S/C4H11N.H2O3S/c1-3-4-5-2;1-4(2)3/h5H,3-4H2,1-2H3;(H2,1,2,3)/p-1.